The van der Waals surface area contributed by atoms with Crippen molar-refractivity contribution in [2.24, 2.45) is 0 Å². The van der Waals surface area contributed by atoms with Crippen molar-refractivity contribution in [3.05, 3.63) is 35.9 Å². The summed E-state index contributed by atoms with van der Waals surface area (Å²) in [6.45, 7) is 5.65. The highest BCUT2D eigenvalue weighted by molar-refractivity contribution is 5.85. The molecule has 0 radical (unpaired) electrons. The van der Waals surface area contributed by atoms with Crippen LogP contribution in [0, 0.1) is 0 Å². The summed E-state index contributed by atoms with van der Waals surface area (Å²) in [5.41, 5.74) is 1.31. The molecule has 2 aliphatic rings. The highest BCUT2D eigenvalue weighted by atomic mass is 35.5. The Bertz CT molecular complexity index is 478. The smallest absolute Gasteiger partial charge is 0.239 e. The van der Waals surface area contributed by atoms with Crippen molar-refractivity contribution in [1.82, 2.24) is 15.1 Å². The summed E-state index contributed by atoms with van der Waals surface area (Å²) in [7, 11) is 0. The maximum atomic E-state index is 13.0. The molecule has 2 saturated heterocycles. The molecule has 1 unspecified atom stereocenters. The Morgan fingerprint density at radius 3 is 2.58 bits per heavy atom. The summed E-state index contributed by atoms with van der Waals surface area (Å²) in [5, 5.41) is 3.38. The standard InChI is InChI=1S/C18H27N3O.2ClH/c22-18(20-13-6-10-19-11-14-20)17-9-4-5-12-21(17)15-16-7-2-1-3-8-16;;/h1-3,7-8,17,19H,4-6,9-15H2;2*1H. The number of carbonyl (C=O) groups excluding carboxylic acids is 1. The molecule has 2 heterocycles. The highest BCUT2D eigenvalue weighted by Gasteiger charge is 2.31. The van der Waals surface area contributed by atoms with E-state index in [1.165, 1.54) is 18.4 Å². The largest absolute Gasteiger partial charge is 0.340 e. The van der Waals surface area contributed by atoms with Crippen molar-refractivity contribution in [3.8, 4) is 0 Å². The maximum absolute atomic E-state index is 13.0. The van der Waals surface area contributed by atoms with Crippen molar-refractivity contribution < 1.29 is 4.79 Å². The van der Waals surface area contributed by atoms with Gasteiger partial charge in [-0.1, -0.05) is 36.8 Å². The first-order chi connectivity index (χ1) is 10.8. The van der Waals surface area contributed by atoms with Gasteiger partial charge < -0.3 is 10.2 Å². The molecule has 6 heteroatoms. The van der Waals surface area contributed by atoms with E-state index in [0.29, 0.717) is 5.91 Å². The van der Waals surface area contributed by atoms with Gasteiger partial charge in [0, 0.05) is 26.2 Å². The molecule has 0 bridgehead atoms. The summed E-state index contributed by atoms with van der Waals surface area (Å²) in [4.78, 5) is 17.4. The first-order valence-electron chi connectivity index (χ1n) is 8.62. The van der Waals surface area contributed by atoms with Gasteiger partial charge in [0.15, 0.2) is 0 Å². The Morgan fingerprint density at radius 1 is 1.00 bits per heavy atom. The van der Waals surface area contributed by atoms with E-state index >= 15 is 0 Å². The van der Waals surface area contributed by atoms with Gasteiger partial charge in [0.2, 0.25) is 5.91 Å². The molecule has 0 saturated carbocycles. The van der Waals surface area contributed by atoms with Gasteiger partial charge in [0.05, 0.1) is 6.04 Å². The van der Waals surface area contributed by atoms with E-state index in [1.807, 2.05) is 6.07 Å². The second kappa shape index (κ2) is 10.9. The minimum absolute atomic E-state index is 0. The summed E-state index contributed by atoms with van der Waals surface area (Å²) in [6.07, 6.45) is 4.46. The fourth-order valence-electron chi connectivity index (χ4n) is 3.55. The monoisotopic (exact) mass is 373 g/mol. The summed E-state index contributed by atoms with van der Waals surface area (Å²) in [6, 6.07) is 10.6. The van der Waals surface area contributed by atoms with Crippen LogP contribution in [0.15, 0.2) is 30.3 Å². The van der Waals surface area contributed by atoms with Crippen LogP contribution < -0.4 is 5.32 Å². The SMILES string of the molecule is Cl.Cl.O=C(C1CCCCN1Cc1ccccc1)N1CCCNCC1. The lowest BCUT2D eigenvalue weighted by atomic mass is 9.99. The Hall–Kier alpha value is -0.810. The lowest BCUT2D eigenvalue weighted by Crippen LogP contribution is -2.51. The minimum Gasteiger partial charge on any atom is -0.340 e. The predicted octanol–water partition coefficient (Wildman–Crippen LogP) is 2.71. The number of hydrogen-bond donors (Lipinski definition) is 1. The molecule has 1 amide bonds. The number of piperidine rings is 1. The summed E-state index contributed by atoms with van der Waals surface area (Å²) >= 11 is 0. The molecule has 2 fully saturated rings. The summed E-state index contributed by atoms with van der Waals surface area (Å²) < 4.78 is 0. The molecule has 0 aliphatic carbocycles. The fourth-order valence-corrected chi connectivity index (χ4v) is 3.55. The van der Waals surface area contributed by atoms with Crippen molar-refractivity contribution in [2.45, 2.75) is 38.3 Å². The topological polar surface area (TPSA) is 35.6 Å². The van der Waals surface area contributed by atoms with Gasteiger partial charge in [0.25, 0.3) is 0 Å². The van der Waals surface area contributed by atoms with E-state index < -0.39 is 0 Å². The second-order valence-electron chi connectivity index (χ2n) is 6.40. The van der Waals surface area contributed by atoms with Crippen LogP contribution >= 0.6 is 24.8 Å². The third-order valence-corrected chi connectivity index (χ3v) is 4.78. The van der Waals surface area contributed by atoms with E-state index in [4.69, 9.17) is 0 Å². The highest BCUT2D eigenvalue weighted by Crippen LogP contribution is 2.21. The van der Waals surface area contributed by atoms with E-state index in [1.54, 1.807) is 0 Å². The lowest BCUT2D eigenvalue weighted by Gasteiger charge is -2.37. The van der Waals surface area contributed by atoms with E-state index in [0.717, 1.165) is 52.1 Å². The number of benzene rings is 1. The third kappa shape index (κ3) is 5.62. The Labute approximate surface area is 157 Å². The average Bonchev–Trinajstić information content (AvgIpc) is 2.85. The number of hydrogen-bond acceptors (Lipinski definition) is 3. The van der Waals surface area contributed by atoms with Crippen molar-refractivity contribution in [2.75, 3.05) is 32.7 Å². The van der Waals surface area contributed by atoms with Crippen molar-refractivity contribution >= 4 is 30.7 Å². The zero-order valence-corrected chi connectivity index (χ0v) is 15.8. The van der Waals surface area contributed by atoms with Crippen LogP contribution in [-0.4, -0.2) is 54.5 Å². The third-order valence-electron chi connectivity index (χ3n) is 4.78. The van der Waals surface area contributed by atoms with Gasteiger partial charge in [-0.25, -0.2) is 0 Å². The number of carbonyl (C=O) groups is 1. The van der Waals surface area contributed by atoms with Gasteiger partial charge >= 0.3 is 0 Å². The zero-order chi connectivity index (χ0) is 15.2. The van der Waals surface area contributed by atoms with E-state index in [9.17, 15) is 4.79 Å². The van der Waals surface area contributed by atoms with Crippen LogP contribution in [0.2, 0.25) is 0 Å². The van der Waals surface area contributed by atoms with Crippen LogP contribution in [0.25, 0.3) is 0 Å². The van der Waals surface area contributed by atoms with Crippen LogP contribution in [0.3, 0.4) is 0 Å². The molecule has 1 atom stereocenters. The number of rotatable bonds is 3. The number of nitrogens with zero attached hydrogens (tertiary/aromatic N) is 2. The zero-order valence-electron chi connectivity index (χ0n) is 14.2. The van der Waals surface area contributed by atoms with Gasteiger partial charge in [-0.15, -0.1) is 24.8 Å². The number of nitrogens with one attached hydrogen (secondary N) is 1. The van der Waals surface area contributed by atoms with Gasteiger partial charge in [0.1, 0.15) is 0 Å². The fraction of sp³-hybridized carbons (Fsp3) is 0.611. The molecule has 1 N–H and O–H groups in total. The molecule has 3 rings (SSSR count). The van der Waals surface area contributed by atoms with Crippen LogP contribution in [0.5, 0.6) is 0 Å². The van der Waals surface area contributed by atoms with Crippen molar-refractivity contribution in [3.63, 3.8) is 0 Å². The molecule has 0 spiro atoms. The van der Waals surface area contributed by atoms with Gasteiger partial charge in [-0.2, -0.15) is 0 Å². The van der Waals surface area contributed by atoms with E-state index in [2.05, 4.69) is 39.4 Å². The molecule has 4 nitrogen and oxygen atoms in total. The molecular weight excluding hydrogens is 345 g/mol. The molecule has 2 aliphatic heterocycles. The second-order valence-corrected chi connectivity index (χ2v) is 6.40. The van der Waals surface area contributed by atoms with Crippen LogP contribution in [-0.2, 0) is 11.3 Å². The summed E-state index contributed by atoms with van der Waals surface area (Å²) in [5.74, 6) is 0.347. The maximum Gasteiger partial charge on any atom is 0.239 e. The quantitative estimate of drug-likeness (QED) is 0.884. The Kier molecular flexibility index (Phi) is 9.67. The molecular formula is C18H29Cl2N3O. The molecule has 0 aromatic heterocycles. The normalized spacial score (nSPS) is 22.0. The van der Waals surface area contributed by atoms with Crippen LogP contribution in [0.4, 0.5) is 0 Å². The number of amides is 1. The Morgan fingerprint density at radius 2 is 1.79 bits per heavy atom. The predicted molar refractivity (Wildman–Crippen MR) is 103 cm³/mol. The molecule has 1 aromatic rings. The van der Waals surface area contributed by atoms with Crippen molar-refractivity contribution in [1.29, 1.82) is 0 Å². The molecule has 136 valence electrons. The average molecular weight is 374 g/mol. The first-order valence-corrected chi connectivity index (χ1v) is 8.62. The van der Waals surface area contributed by atoms with Gasteiger partial charge in [-0.3, -0.25) is 9.69 Å². The van der Waals surface area contributed by atoms with Gasteiger partial charge in [-0.05, 0) is 37.9 Å². The lowest BCUT2D eigenvalue weighted by molar-refractivity contribution is -0.138. The number of halogens is 2. The first kappa shape index (κ1) is 21.2. The minimum atomic E-state index is 0. The van der Waals surface area contributed by atoms with E-state index in [-0.39, 0.29) is 30.9 Å². The van der Waals surface area contributed by atoms with Crippen LogP contribution in [0.1, 0.15) is 31.2 Å². The molecule has 24 heavy (non-hydrogen) atoms. The Balaban J connectivity index is 0.00000144. The number of likely N-dealkylation sites (tertiary alicyclic amines) is 1. The molecule has 1 aromatic carbocycles.